The molecule has 0 bridgehead atoms. The van der Waals surface area contributed by atoms with E-state index in [4.69, 9.17) is 10.00 Å². The van der Waals surface area contributed by atoms with Crippen LogP contribution in [0.3, 0.4) is 0 Å². The highest BCUT2D eigenvalue weighted by Crippen LogP contribution is 2.21. The molecule has 0 atom stereocenters. The van der Waals surface area contributed by atoms with Crippen LogP contribution in [0, 0.1) is 18.3 Å². The van der Waals surface area contributed by atoms with Gasteiger partial charge in [-0.1, -0.05) is 59.8 Å². The first-order chi connectivity index (χ1) is 15.7. The fraction of sp³-hybridized carbons (Fsp3) is 0.120. The lowest BCUT2D eigenvalue weighted by molar-refractivity contribution is 0.0945. The summed E-state index contributed by atoms with van der Waals surface area (Å²) in [6, 6.07) is 27.2. The summed E-state index contributed by atoms with van der Waals surface area (Å²) >= 11 is 0. The number of nitrogens with zero attached hydrogens (tertiary/aromatic N) is 4. The standard InChI is InChI=1S/C25H21N5O2/c1-18-24(25(31)27-17-19-6-5-9-23(16-19)32-15-14-26)28-29-30(18)22-12-10-21(11-13-22)20-7-3-2-4-8-20/h2-13,16H,15,17H2,1H3,(H,27,31). The molecule has 0 aliphatic carbocycles. The van der Waals surface area contributed by atoms with Gasteiger partial charge in [-0.3, -0.25) is 4.79 Å². The number of amides is 1. The summed E-state index contributed by atoms with van der Waals surface area (Å²) in [7, 11) is 0. The van der Waals surface area contributed by atoms with Gasteiger partial charge >= 0.3 is 0 Å². The van der Waals surface area contributed by atoms with E-state index in [1.54, 1.807) is 16.8 Å². The van der Waals surface area contributed by atoms with Gasteiger partial charge in [0.25, 0.3) is 5.91 Å². The van der Waals surface area contributed by atoms with E-state index in [-0.39, 0.29) is 18.2 Å². The molecule has 1 aromatic heterocycles. The van der Waals surface area contributed by atoms with Crippen LogP contribution in [-0.2, 0) is 6.54 Å². The van der Waals surface area contributed by atoms with Crippen LogP contribution in [0.1, 0.15) is 21.7 Å². The minimum atomic E-state index is -0.307. The minimum absolute atomic E-state index is 0.0234. The average Bonchev–Trinajstić information content (AvgIpc) is 3.23. The number of rotatable bonds is 7. The molecule has 1 N–H and O–H groups in total. The van der Waals surface area contributed by atoms with Crippen molar-refractivity contribution in [2.24, 2.45) is 0 Å². The van der Waals surface area contributed by atoms with E-state index in [9.17, 15) is 4.79 Å². The maximum atomic E-state index is 12.7. The normalized spacial score (nSPS) is 10.4. The first kappa shape index (κ1) is 20.8. The Labute approximate surface area is 185 Å². The Balaban J connectivity index is 1.44. The molecule has 4 rings (SSSR count). The lowest BCUT2D eigenvalue weighted by Gasteiger charge is -2.08. The molecule has 32 heavy (non-hydrogen) atoms. The minimum Gasteiger partial charge on any atom is -0.479 e. The highest BCUT2D eigenvalue weighted by Gasteiger charge is 2.17. The van der Waals surface area contributed by atoms with Gasteiger partial charge in [-0.25, -0.2) is 4.68 Å². The van der Waals surface area contributed by atoms with Crippen LogP contribution in [0.5, 0.6) is 5.75 Å². The van der Waals surface area contributed by atoms with Crippen molar-refractivity contribution in [3.8, 4) is 28.6 Å². The Kier molecular flexibility index (Phi) is 6.23. The third-order valence-electron chi connectivity index (χ3n) is 4.98. The second kappa shape index (κ2) is 9.58. The number of benzene rings is 3. The Morgan fingerprint density at radius 2 is 1.78 bits per heavy atom. The fourth-order valence-corrected chi connectivity index (χ4v) is 3.34. The lowest BCUT2D eigenvalue weighted by atomic mass is 10.1. The maximum Gasteiger partial charge on any atom is 0.274 e. The number of hydrogen-bond donors (Lipinski definition) is 1. The van der Waals surface area contributed by atoms with Crippen molar-refractivity contribution in [1.29, 1.82) is 5.26 Å². The first-order valence-electron chi connectivity index (χ1n) is 10.1. The molecule has 0 radical (unpaired) electrons. The van der Waals surface area contributed by atoms with Gasteiger partial charge in [0.1, 0.15) is 11.8 Å². The van der Waals surface area contributed by atoms with Gasteiger partial charge in [-0.05, 0) is 47.9 Å². The molecule has 0 fully saturated rings. The zero-order valence-corrected chi connectivity index (χ0v) is 17.5. The molecular formula is C25H21N5O2. The Hall–Kier alpha value is -4.44. The van der Waals surface area contributed by atoms with E-state index in [1.807, 2.05) is 67.6 Å². The molecular weight excluding hydrogens is 402 g/mol. The zero-order chi connectivity index (χ0) is 22.3. The van der Waals surface area contributed by atoms with Crippen LogP contribution in [0.25, 0.3) is 16.8 Å². The smallest absolute Gasteiger partial charge is 0.274 e. The lowest BCUT2D eigenvalue weighted by Crippen LogP contribution is -2.24. The van der Waals surface area contributed by atoms with Gasteiger partial charge in [0.15, 0.2) is 12.3 Å². The zero-order valence-electron chi connectivity index (χ0n) is 17.5. The average molecular weight is 423 g/mol. The van der Waals surface area contributed by atoms with Crippen molar-refractivity contribution in [2.75, 3.05) is 6.61 Å². The topological polar surface area (TPSA) is 92.8 Å². The number of carbonyl (C=O) groups is 1. The summed E-state index contributed by atoms with van der Waals surface area (Å²) in [5.74, 6) is 0.275. The predicted octanol–water partition coefficient (Wildman–Crippen LogP) is 4.08. The number of aromatic nitrogens is 3. The molecule has 0 aliphatic heterocycles. The van der Waals surface area contributed by atoms with Gasteiger partial charge in [-0.2, -0.15) is 5.26 Å². The SMILES string of the molecule is Cc1c(C(=O)NCc2cccc(OCC#N)c2)nnn1-c1ccc(-c2ccccc2)cc1. The van der Waals surface area contributed by atoms with Crippen molar-refractivity contribution in [2.45, 2.75) is 13.5 Å². The van der Waals surface area contributed by atoms with Crippen LogP contribution in [-0.4, -0.2) is 27.5 Å². The maximum absolute atomic E-state index is 12.7. The summed E-state index contributed by atoms with van der Waals surface area (Å²) < 4.78 is 6.95. The molecule has 1 amide bonds. The van der Waals surface area contributed by atoms with Crippen LogP contribution in [0.4, 0.5) is 0 Å². The van der Waals surface area contributed by atoms with Crippen molar-refractivity contribution < 1.29 is 9.53 Å². The summed E-state index contributed by atoms with van der Waals surface area (Å²) in [5, 5.41) is 19.7. The molecule has 3 aromatic carbocycles. The van der Waals surface area contributed by atoms with Crippen molar-refractivity contribution >= 4 is 5.91 Å². The first-order valence-corrected chi connectivity index (χ1v) is 10.1. The highest BCUT2D eigenvalue weighted by atomic mass is 16.5. The monoisotopic (exact) mass is 423 g/mol. The van der Waals surface area contributed by atoms with Gasteiger partial charge in [-0.15, -0.1) is 5.10 Å². The molecule has 4 aromatic rings. The molecule has 7 nitrogen and oxygen atoms in total. The van der Waals surface area contributed by atoms with Crippen LogP contribution in [0.2, 0.25) is 0 Å². The van der Waals surface area contributed by atoms with E-state index in [1.165, 1.54) is 0 Å². The van der Waals surface area contributed by atoms with Gasteiger partial charge in [0.2, 0.25) is 0 Å². The van der Waals surface area contributed by atoms with Crippen LogP contribution < -0.4 is 10.1 Å². The number of nitrogens with one attached hydrogen (secondary N) is 1. The third kappa shape index (κ3) is 4.65. The number of hydrogen-bond acceptors (Lipinski definition) is 5. The van der Waals surface area contributed by atoms with Gasteiger partial charge in [0, 0.05) is 6.54 Å². The Morgan fingerprint density at radius 1 is 1.03 bits per heavy atom. The molecule has 7 heteroatoms. The second-order valence-electron chi connectivity index (χ2n) is 7.13. The summed E-state index contributed by atoms with van der Waals surface area (Å²) in [6.45, 7) is 2.10. The summed E-state index contributed by atoms with van der Waals surface area (Å²) in [6.07, 6.45) is 0. The molecule has 0 spiro atoms. The van der Waals surface area contributed by atoms with Crippen LogP contribution in [0.15, 0.2) is 78.9 Å². The quantitative estimate of drug-likeness (QED) is 0.484. The number of ether oxygens (including phenoxy) is 1. The molecule has 1 heterocycles. The van der Waals surface area contributed by atoms with Gasteiger partial charge in [0.05, 0.1) is 11.4 Å². The molecule has 0 saturated carbocycles. The van der Waals surface area contributed by atoms with E-state index in [0.717, 1.165) is 22.4 Å². The molecule has 0 saturated heterocycles. The number of carbonyl (C=O) groups excluding carboxylic acids is 1. The second-order valence-corrected chi connectivity index (χ2v) is 7.13. The van der Waals surface area contributed by atoms with E-state index in [0.29, 0.717) is 18.0 Å². The van der Waals surface area contributed by atoms with E-state index >= 15 is 0 Å². The fourth-order valence-electron chi connectivity index (χ4n) is 3.34. The largest absolute Gasteiger partial charge is 0.479 e. The Morgan fingerprint density at radius 3 is 2.53 bits per heavy atom. The highest BCUT2D eigenvalue weighted by molar-refractivity contribution is 5.93. The Bertz CT molecular complexity index is 1260. The van der Waals surface area contributed by atoms with E-state index in [2.05, 4.69) is 27.8 Å². The van der Waals surface area contributed by atoms with Gasteiger partial charge < -0.3 is 10.1 Å². The van der Waals surface area contributed by atoms with Crippen LogP contribution >= 0.6 is 0 Å². The van der Waals surface area contributed by atoms with Crippen molar-refractivity contribution in [3.63, 3.8) is 0 Å². The van der Waals surface area contributed by atoms with Crippen molar-refractivity contribution in [1.82, 2.24) is 20.3 Å². The third-order valence-corrected chi connectivity index (χ3v) is 4.98. The number of nitriles is 1. The summed E-state index contributed by atoms with van der Waals surface area (Å²) in [4.78, 5) is 12.7. The van der Waals surface area contributed by atoms with Crippen molar-refractivity contribution in [3.05, 3.63) is 95.8 Å². The molecule has 0 aliphatic rings. The summed E-state index contributed by atoms with van der Waals surface area (Å²) in [5.41, 5.74) is 4.85. The van der Waals surface area contributed by atoms with E-state index < -0.39 is 0 Å². The predicted molar refractivity (Wildman–Crippen MR) is 120 cm³/mol. The molecule has 158 valence electrons. The molecule has 0 unspecified atom stereocenters.